The van der Waals surface area contributed by atoms with Gasteiger partial charge in [0.2, 0.25) is 0 Å². The van der Waals surface area contributed by atoms with Crippen LogP contribution in [0.3, 0.4) is 0 Å². The topological polar surface area (TPSA) is 22.5 Å². The average Bonchev–Trinajstić information content (AvgIpc) is 3.56. The maximum Gasteiger partial charge on any atom is 0.159 e. The van der Waals surface area contributed by atoms with E-state index in [4.69, 9.17) is 4.42 Å². The van der Waals surface area contributed by atoms with E-state index in [1.807, 2.05) is 0 Å². The predicted molar refractivity (Wildman–Crippen MR) is 160 cm³/mol. The summed E-state index contributed by atoms with van der Waals surface area (Å²) in [4.78, 5) is 0. The normalized spacial score (nSPS) is 12.9. The summed E-state index contributed by atoms with van der Waals surface area (Å²) in [5.41, 5.74) is 8.00. The number of hydrogen-bond donors (Lipinski definition) is 0. The van der Waals surface area contributed by atoms with Crippen LogP contribution in [0.4, 0.5) is 0 Å². The highest BCUT2D eigenvalue weighted by molar-refractivity contribution is 6.38. The van der Waals surface area contributed by atoms with Crippen LogP contribution in [0.2, 0.25) is 0 Å². The van der Waals surface area contributed by atoms with E-state index in [9.17, 15) is 0 Å². The van der Waals surface area contributed by atoms with Crippen LogP contribution < -0.4 is 0 Å². The lowest BCUT2D eigenvalue weighted by Gasteiger charge is -2.07. The lowest BCUT2D eigenvalue weighted by molar-refractivity contribution is 0.670. The fourth-order valence-corrected chi connectivity index (χ4v) is 7.29. The van der Waals surface area contributed by atoms with E-state index in [0.717, 1.165) is 27.5 Å². The van der Waals surface area contributed by atoms with Crippen LogP contribution in [0.5, 0.6) is 0 Å². The Morgan fingerprint density at radius 1 is 0.500 bits per heavy atom. The molecule has 0 amide bonds. The zero-order chi connectivity index (χ0) is 24.7. The van der Waals surface area contributed by atoms with Gasteiger partial charge in [0.05, 0.1) is 27.6 Å². The molecule has 0 atom stereocenters. The highest BCUT2D eigenvalue weighted by Gasteiger charge is 2.25. The summed E-state index contributed by atoms with van der Waals surface area (Å²) in [6.07, 6.45) is 0. The molecule has 3 nitrogen and oxygen atoms in total. The number of aryl methyl sites for hydroxylation is 1. The Labute approximate surface area is 216 Å². The fourth-order valence-electron chi connectivity index (χ4n) is 7.29. The molecule has 0 bridgehead atoms. The van der Waals surface area contributed by atoms with Crippen molar-refractivity contribution in [3.05, 3.63) is 103 Å². The van der Waals surface area contributed by atoms with E-state index in [1.165, 1.54) is 65.2 Å². The second kappa shape index (κ2) is 6.27. The van der Waals surface area contributed by atoms with Gasteiger partial charge in [-0.3, -0.25) is 0 Å². The molecule has 0 aliphatic heterocycles. The van der Waals surface area contributed by atoms with Gasteiger partial charge in [-0.05, 0) is 35.0 Å². The average molecular weight is 485 g/mol. The Kier molecular flexibility index (Phi) is 3.16. The lowest BCUT2D eigenvalue weighted by atomic mass is 9.97. The minimum atomic E-state index is 0.927. The Morgan fingerprint density at radius 2 is 1.24 bits per heavy atom. The van der Waals surface area contributed by atoms with Crippen LogP contribution in [0.25, 0.3) is 92.6 Å². The van der Waals surface area contributed by atoms with Gasteiger partial charge in [-0.1, -0.05) is 78.9 Å². The molecule has 0 saturated heterocycles. The molecule has 10 rings (SSSR count). The molecule has 0 saturated carbocycles. The van der Waals surface area contributed by atoms with Crippen molar-refractivity contribution in [1.29, 1.82) is 0 Å². The van der Waals surface area contributed by atoms with E-state index in [1.54, 1.807) is 0 Å². The molecular formula is C35H20N2O. The molecule has 38 heavy (non-hydrogen) atoms. The van der Waals surface area contributed by atoms with Gasteiger partial charge in [-0.15, -0.1) is 0 Å². The molecule has 10 aromatic rings. The summed E-state index contributed by atoms with van der Waals surface area (Å²) in [5.74, 6) is 0. The Morgan fingerprint density at radius 3 is 2.16 bits per heavy atom. The van der Waals surface area contributed by atoms with E-state index in [-0.39, 0.29) is 0 Å². The SMILES string of the molecule is Cn1c2cc3ccccc3c3c4cccc5c6ccccc6n(c6cc7c8ccccc8oc7c1c6c32)c54. The van der Waals surface area contributed by atoms with Crippen molar-refractivity contribution in [2.45, 2.75) is 0 Å². The van der Waals surface area contributed by atoms with Crippen molar-refractivity contribution >= 4 is 92.6 Å². The van der Waals surface area contributed by atoms with Crippen LogP contribution in [0, 0.1) is 0 Å². The number of furan rings is 1. The van der Waals surface area contributed by atoms with E-state index < -0.39 is 0 Å². The van der Waals surface area contributed by atoms with Crippen molar-refractivity contribution in [1.82, 2.24) is 8.97 Å². The zero-order valence-electron chi connectivity index (χ0n) is 20.6. The first kappa shape index (κ1) is 19.1. The molecule has 0 fully saturated rings. The van der Waals surface area contributed by atoms with Gasteiger partial charge in [0.1, 0.15) is 5.58 Å². The first-order valence-corrected chi connectivity index (χ1v) is 13.1. The van der Waals surface area contributed by atoms with Crippen LogP contribution in [-0.4, -0.2) is 8.97 Å². The van der Waals surface area contributed by atoms with Crippen molar-refractivity contribution in [3.8, 4) is 0 Å². The van der Waals surface area contributed by atoms with Crippen molar-refractivity contribution in [2.24, 2.45) is 7.05 Å². The molecule has 0 N–H and O–H groups in total. The van der Waals surface area contributed by atoms with Crippen LogP contribution in [0.15, 0.2) is 108 Å². The van der Waals surface area contributed by atoms with Crippen LogP contribution >= 0.6 is 0 Å². The molecule has 0 spiro atoms. The summed E-state index contributed by atoms with van der Waals surface area (Å²) in [5, 5.41) is 12.6. The first-order valence-electron chi connectivity index (χ1n) is 13.1. The molecule has 0 radical (unpaired) electrons. The van der Waals surface area contributed by atoms with Gasteiger partial charge >= 0.3 is 0 Å². The maximum atomic E-state index is 6.62. The van der Waals surface area contributed by atoms with Gasteiger partial charge in [-0.25, -0.2) is 0 Å². The summed E-state index contributed by atoms with van der Waals surface area (Å²) >= 11 is 0. The third-order valence-corrected chi connectivity index (χ3v) is 8.80. The number of fused-ring (bicyclic) bond motifs is 11. The minimum Gasteiger partial charge on any atom is -0.454 e. The van der Waals surface area contributed by atoms with Gasteiger partial charge in [0, 0.05) is 50.1 Å². The van der Waals surface area contributed by atoms with Crippen LogP contribution in [0.1, 0.15) is 0 Å². The number of rotatable bonds is 0. The monoisotopic (exact) mass is 484 g/mol. The zero-order valence-corrected chi connectivity index (χ0v) is 20.6. The number of benzene rings is 6. The molecule has 4 aromatic heterocycles. The summed E-state index contributed by atoms with van der Waals surface area (Å²) in [6.45, 7) is 0. The van der Waals surface area contributed by atoms with E-state index >= 15 is 0 Å². The molecule has 0 aliphatic carbocycles. The second-order valence-corrected chi connectivity index (χ2v) is 10.6. The third kappa shape index (κ3) is 2.00. The summed E-state index contributed by atoms with van der Waals surface area (Å²) in [7, 11) is 2.19. The molecular weight excluding hydrogens is 464 g/mol. The van der Waals surface area contributed by atoms with Gasteiger partial charge in [0.15, 0.2) is 5.58 Å². The summed E-state index contributed by atoms with van der Waals surface area (Å²) < 4.78 is 11.5. The predicted octanol–water partition coefficient (Wildman–Crippen LogP) is 9.53. The smallest absolute Gasteiger partial charge is 0.159 e. The van der Waals surface area contributed by atoms with E-state index in [2.05, 4.69) is 119 Å². The molecule has 4 heterocycles. The van der Waals surface area contributed by atoms with Crippen LogP contribution in [-0.2, 0) is 7.05 Å². The second-order valence-electron chi connectivity index (χ2n) is 10.6. The molecule has 3 heteroatoms. The molecule has 0 unspecified atom stereocenters. The van der Waals surface area contributed by atoms with Gasteiger partial charge in [-0.2, -0.15) is 0 Å². The molecule has 176 valence electrons. The summed E-state index contributed by atoms with van der Waals surface area (Å²) in [6, 6.07) is 37.6. The number of para-hydroxylation sites is 3. The van der Waals surface area contributed by atoms with Crippen molar-refractivity contribution in [2.75, 3.05) is 0 Å². The number of hydrogen-bond acceptors (Lipinski definition) is 1. The van der Waals surface area contributed by atoms with Crippen molar-refractivity contribution < 1.29 is 4.42 Å². The van der Waals surface area contributed by atoms with Gasteiger partial charge < -0.3 is 13.4 Å². The quantitative estimate of drug-likeness (QED) is 0.210. The number of nitrogens with zero attached hydrogens (tertiary/aromatic N) is 2. The Hall–Kier alpha value is -5.02. The van der Waals surface area contributed by atoms with E-state index in [0.29, 0.717) is 0 Å². The minimum absolute atomic E-state index is 0.927. The Balaban J connectivity index is 1.72. The number of aromatic nitrogens is 2. The van der Waals surface area contributed by atoms with Gasteiger partial charge in [0.25, 0.3) is 0 Å². The largest absolute Gasteiger partial charge is 0.454 e. The van der Waals surface area contributed by atoms with Crippen molar-refractivity contribution in [3.63, 3.8) is 0 Å². The first-order chi connectivity index (χ1) is 18.8. The fraction of sp³-hybridized carbons (Fsp3) is 0.0286. The Bertz CT molecular complexity index is 2630. The third-order valence-electron chi connectivity index (χ3n) is 8.80. The lowest BCUT2D eigenvalue weighted by Crippen LogP contribution is -1.90. The highest BCUT2D eigenvalue weighted by atomic mass is 16.3. The standard InChI is InChI=1S/C35H20N2O/c1-36-27-17-19-9-2-3-10-20(19)30-24-14-8-13-23-21-11-4-6-15-26(21)37(33(23)24)28-18-25-22-12-5-7-16-29(22)38-35(25)34(36)32(28)31(27)30/h2-18H,1H3. The molecule has 6 aromatic carbocycles. The highest BCUT2D eigenvalue weighted by Crippen LogP contribution is 2.48. The molecule has 0 aliphatic rings. The maximum absolute atomic E-state index is 6.62.